The highest BCUT2D eigenvalue weighted by Crippen LogP contribution is 2.40. The molecule has 0 bridgehead atoms. The first-order chi connectivity index (χ1) is 18.1. The van der Waals surface area contributed by atoms with Crippen molar-refractivity contribution in [1.82, 2.24) is 4.98 Å². The number of aryl methyl sites for hydroxylation is 1. The molecule has 0 spiro atoms. The number of methoxy groups -OCH3 is 2. The molecule has 1 saturated carbocycles. The van der Waals surface area contributed by atoms with Crippen molar-refractivity contribution in [2.75, 3.05) is 19.5 Å². The van der Waals surface area contributed by atoms with Crippen LogP contribution in [0.15, 0.2) is 54.7 Å². The lowest BCUT2D eigenvalue weighted by Crippen LogP contribution is -2.19. The Hall–Kier alpha value is -3.79. The molecule has 1 aliphatic rings. The van der Waals surface area contributed by atoms with Crippen LogP contribution in [0.5, 0.6) is 23.0 Å². The predicted molar refractivity (Wildman–Crippen MR) is 135 cm³/mol. The Kier molecular flexibility index (Phi) is 8.41. The zero-order chi connectivity index (χ0) is 27.3. The second-order valence-electron chi connectivity index (χ2n) is 9.07. The van der Waals surface area contributed by atoms with Crippen LogP contribution in [0.25, 0.3) is 0 Å². The second-order valence-corrected chi connectivity index (χ2v) is 9.07. The van der Waals surface area contributed by atoms with Gasteiger partial charge in [-0.05, 0) is 80.5 Å². The SMILES string of the molecule is COc1cc(OC(F)(F)F)ccc1Oc1cc(C2CCC(OC)CC2)ccc1C(=O)Nc1ccnc(C)c1. The van der Waals surface area contributed by atoms with E-state index in [2.05, 4.69) is 15.0 Å². The van der Waals surface area contributed by atoms with Gasteiger partial charge in [0.2, 0.25) is 0 Å². The number of aromatic nitrogens is 1. The third kappa shape index (κ3) is 6.95. The molecule has 4 rings (SSSR count). The minimum absolute atomic E-state index is 0.0221. The number of nitrogens with zero attached hydrogens (tertiary/aromatic N) is 1. The summed E-state index contributed by atoms with van der Waals surface area (Å²) in [6.07, 6.45) is 0.680. The van der Waals surface area contributed by atoms with Crippen LogP contribution in [0.3, 0.4) is 0 Å². The summed E-state index contributed by atoms with van der Waals surface area (Å²) in [4.78, 5) is 17.4. The van der Waals surface area contributed by atoms with E-state index in [-0.39, 0.29) is 34.8 Å². The smallest absolute Gasteiger partial charge is 0.493 e. The quantitative estimate of drug-likeness (QED) is 0.337. The molecule has 10 heteroatoms. The first kappa shape index (κ1) is 27.3. The van der Waals surface area contributed by atoms with Gasteiger partial charge in [-0.2, -0.15) is 0 Å². The Balaban J connectivity index is 1.66. The molecule has 0 atom stereocenters. The van der Waals surface area contributed by atoms with E-state index in [0.29, 0.717) is 5.69 Å². The van der Waals surface area contributed by atoms with Crippen LogP contribution in [0.4, 0.5) is 18.9 Å². The van der Waals surface area contributed by atoms with Gasteiger partial charge in [-0.1, -0.05) is 6.07 Å². The molecule has 1 N–H and O–H groups in total. The van der Waals surface area contributed by atoms with Crippen molar-refractivity contribution in [3.8, 4) is 23.0 Å². The average molecular weight is 531 g/mol. The lowest BCUT2D eigenvalue weighted by molar-refractivity contribution is -0.274. The number of hydrogen-bond donors (Lipinski definition) is 1. The number of amides is 1. The van der Waals surface area contributed by atoms with Crippen molar-refractivity contribution in [2.24, 2.45) is 0 Å². The van der Waals surface area contributed by atoms with Crippen molar-refractivity contribution >= 4 is 11.6 Å². The molecule has 0 saturated heterocycles. The number of rotatable bonds is 8. The third-order valence-corrected chi connectivity index (χ3v) is 6.47. The van der Waals surface area contributed by atoms with E-state index in [1.54, 1.807) is 31.5 Å². The summed E-state index contributed by atoms with van der Waals surface area (Å²) in [6, 6.07) is 12.4. The molecule has 1 aromatic heterocycles. The fourth-order valence-electron chi connectivity index (χ4n) is 4.57. The lowest BCUT2D eigenvalue weighted by atomic mass is 9.82. The van der Waals surface area contributed by atoms with Gasteiger partial charge in [0.15, 0.2) is 11.5 Å². The van der Waals surface area contributed by atoms with Crippen LogP contribution in [-0.2, 0) is 4.74 Å². The standard InChI is InChI=1S/C28H29F3N2O5/c1-17-14-20(12-13-32-17)33-27(34)23-10-6-19(18-4-7-21(35-2)8-5-18)15-25(23)37-24-11-9-22(16-26(24)36-3)38-28(29,30)31/h6,9-16,18,21H,4-5,7-8H2,1-3H3,(H,32,33,34). The van der Waals surface area contributed by atoms with Gasteiger partial charge in [0, 0.05) is 30.8 Å². The van der Waals surface area contributed by atoms with Crippen LogP contribution in [-0.4, -0.2) is 37.6 Å². The molecule has 0 aliphatic heterocycles. The normalized spacial score (nSPS) is 17.5. The Bertz CT molecular complexity index is 1270. The summed E-state index contributed by atoms with van der Waals surface area (Å²) in [5.41, 5.74) is 2.57. The fourth-order valence-corrected chi connectivity index (χ4v) is 4.57. The number of halogens is 3. The summed E-state index contributed by atoms with van der Waals surface area (Å²) >= 11 is 0. The summed E-state index contributed by atoms with van der Waals surface area (Å²) in [7, 11) is 3.02. The number of anilines is 1. The average Bonchev–Trinajstić information content (AvgIpc) is 2.88. The number of alkyl halides is 3. The van der Waals surface area contributed by atoms with E-state index in [0.717, 1.165) is 49.1 Å². The molecule has 7 nitrogen and oxygen atoms in total. The van der Waals surface area contributed by atoms with Gasteiger partial charge < -0.3 is 24.3 Å². The number of pyridine rings is 1. The summed E-state index contributed by atoms with van der Waals surface area (Å²) in [6.45, 7) is 1.82. The Labute approximate surface area is 218 Å². The molecule has 0 unspecified atom stereocenters. The Morgan fingerprint density at radius 2 is 1.71 bits per heavy atom. The van der Waals surface area contributed by atoms with E-state index >= 15 is 0 Å². The van der Waals surface area contributed by atoms with Gasteiger partial charge in [-0.25, -0.2) is 0 Å². The predicted octanol–water partition coefficient (Wildman–Crippen LogP) is 7.01. The summed E-state index contributed by atoms with van der Waals surface area (Å²) in [5, 5.41) is 2.85. The van der Waals surface area contributed by atoms with Crippen LogP contribution < -0.4 is 19.5 Å². The van der Waals surface area contributed by atoms with Crippen molar-refractivity contribution in [2.45, 2.75) is 51.0 Å². The molecular weight excluding hydrogens is 501 g/mol. The second kappa shape index (κ2) is 11.7. The summed E-state index contributed by atoms with van der Waals surface area (Å²) < 4.78 is 58.9. The number of nitrogens with one attached hydrogen (secondary N) is 1. The van der Waals surface area contributed by atoms with Crippen LogP contribution in [0.2, 0.25) is 0 Å². The topological polar surface area (TPSA) is 78.9 Å². The molecule has 202 valence electrons. The van der Waals surface area contributed by atoms with Crippen molar-refractivity contribution in [3.05, 3.63) is 71.5 Å². The molecule has 3 aromatic rings. The molecule has 1 heterocycles. The van der Waals surface area contributed by atoms with Gasteiger partial charge in [0.1, 0.15) is 11.5 Å². The third-order valence-electron chi connectivity index (χ3n) is 6.47. The molecule has 38 heavy (non-hydrogen) atoms. The van der Waals surface area contributed by atoms with Gasteiger partial charge in [0.25, 0.3) is 5.91 Å². The van der Waals surface area contributed by atoms with Crippen molar-refractivity contribution in [1.29, 1.82) is 0 Å². The van der Waals surface area contributed by atoms with Crippen molar-refractivity contribution < 1.29 is 36.9 Å². The molecule has 1 fully saturated rings. The maximum Gasteiger partial charge on any atom is 0.573 e. The van der Waals surface area contributed by atoms with Crippen LogP contribution >= 0.6 is 0 Å². The first-order valence-corrected chi connectivity index (χ1v) is 12.2. The minimum atomic E-state index is -4.85. The number of benzene rings is 2. The monoisotopic (exact) mass is 530 g/mol. The Morgan fingerprint density at radius 3 is 2.37 bits per heavy atom. The number of carbonyl (C=O) groups excluding carboxylic acids is 1. The molecule has 0 radical (unpaired) electrons. The zero-order valence-corrected chi connectivity index (χ0v) is 21.3. The Morgan fingerprint density at radius 1 is 0.947 bits per heavy atom. The van der Waals surface area contributed by atoms with Gasteiger partial charge >= 0.3 is 6.36 Å². The van der Waals surface area contributed by atoms with E-state index in [1.165, 1.54) is 13.2 Å². The highest BCUT2D eigenvalue weighted by Gasteiger charge is 2.31. The first-order valence-electron chi connectivity index (χ1n) is 12.2. The lowest BCUT2D eigenvalue weighted by Gasteiger charge is -2.28. The van der Waals surface area contributed by atoms with Gasteiger partial charge in [-0.15, -0.1) is 13.2 Å². The maximum absolute atomic E-state index is 13.3. The van der Waals surface area contributed by atoms with Gasteiger partial charge in [-0.3, -0.25) is 9.78 Å². The largest absolute Gasteiger partial charge is 0.573 e. The van der Waals surface area contributed by atoms with E-state index < -0.39 is 18.0 Å². The zero-order valence-electron chi connectivity index (χ0n) is 21.3. The number of ether oxygens (including phenoxy) is 4. The fraction of sp³-hybridized carbons (Fsp3) is 0.357. The van der Waals surface area contributed by atoms with Crippen LogP contribution in [0, 0.1) is 6.92 Å². The highest BCUT2D eigenvalue weighted by molar-refractivity contribution is 6.06. The molecule has 1 amide bonds. The van der Waals surface area contributed by atoms with Crippen LogP contribution in [0.1, 0.15) is 53.2 Å². The molecular formula is C28H29F3N2O5. The van der Waals surface area contributed by atoms with Gasteiger partial charge in [0.05, 0.1) is 18.8 Å². The summed E-state index contributed by atoms with van der Waals surface area (Å²) in [5.74, 6) is -0.187. The van der Waals surface area contributed by atoms with Crippen molar-refractivity contribution in [3.63, 3.8) is 0 Å². The van der Waals surface area contributed by atoms with E-state index in [9.17, 15) is 18.0 Å². The number of carbonyl (C=O) groups is 1. The molecule has 1 aliphatic carbocycles. The minimum Gasteiger partial charge on any atom is -0.493 e. The maximum atomic E-state index is 13.3. The number of hydrogen-bond acceptors (Lipinski definition) is 6. The molecule has 2 aromatic carbocycles. The highest BCUT2D eigenvalue weighted by atomic mass is 19.4. The van der Waals surface area contributed by atoms with E-state index in [4.69, 9.17) is 14.2 Å². The van der Waals surface area contributed by atoms with E-state index in [1.807, 2.05) is 19.1 Å².